The monoisotopic (exact) mass is 258 g/mol. The van der Waals surface area contributed by atoms with Crippen molar-refractivity contribution in [3.05, 3.63) is 42.1 Å². The van der Waals surface area contributed by atoms with Crippen LogP contribution in [0.5, 0.6) is 0 Å². The van der Waals surface area contributed by atoms with Crippen molar-refractivity contribution in [2.75, 3.05) is 6.54 Å². The van der Waals surface area contributed by atoms with Gasteiger partial charge in [-0.25, -0.2) is 0 Å². The molecule has 2 aromatic rings. The van der Waals surface area contributed by atoms with Gasteiger partial charge in [-0.15, -0.1) is 0 Å². The van der Waals surface area contributed by atoms with E-state index in [1.165, 1.54) is 0 Å². The molecule has 1 aromatic carbocycles. The molecule has 1 unspecified atom stereocenters. The highest BCUT2D eigenvalue weighted by Crippen LogP contribution is 2.29. The summed E-state index contributed by atoms with van der Waals surface area (Å²) >= 11 is 0. The minimum Gasteiger partial charge on any atom is -0.481 e. The third-order valence-electron chi connectivity index (χ3n) is 3.79. The molecule has 100 valence electrons. The second kappa shape index (κ2) is 5.36. The van der Waals surface area contributed by atoms with E-state index < -0.39 is 11.4 Å². The summed E-state index contributed by atoms with van der Waals surface area (Å²) in [6, 6.07) is 9.63. The molecule has 3 N–H and O–H groups in total. The number of hydrogen-bond acceptors (Lipinski definition) is 3. The number of fused-ring (bicyclic) bond motifs is 1. The maximum absolute atomic E-state index is 11.5. The minimum absolute atomic E-state index is 0.134. The molecule has 2 rings (SSSR count). The number of carboxylic acid groups (broad SMARTS) is 1. The SMILES string of the molecule is CCC(CN)(Cc1ccnc2ccccc12)C(=O)O. The van der Waals surface area contributed by atoms with Gasteiger partial charge in [-0.3, -0.25) is 9.78 Å². The van der Waals surface area contributed by atoms with Crippen molar-refractivity contribution in [1.29, 1.82) is 0 Å². The molecule has 0 saturated carbocycles. The molecule has 0 fully saturated rings. The van der Waals surface area contributed by atoms with Crippen LogP contribution >= 0.6 is 0 Å². The second-order valence-corrected chi connectivity index (χ2v) is 4.81. The molecule has 0 aliphatic rings. The van der Waals surface area contributed by atoms with Gasteiger partial charge in [0.2, 0.25) is 0 Å². The third kappa shape index (κ3) is 2.44. The number of pyridine rings is 1. The molecule has 1 heterocycles. The van der Waals surface area contributed by atoms with Crippen LogP contribution in [0.15, 0.2) is 36.5 Å². The van der Waals surface area contributed by atoms with Crippen molar-refractivity contribution in [3.63, 3.8) is 0 Å². The highest BCUT2D eigenvalue weighted by molar-refractivity contribution is 5.83. The number of para-hydroxylation sites is 1. The first-order valence-corrected chi connectivity index (χ1v) is 6.39. The Balaban J connectivity index is 2.48. The van der Waals surface area contributed by atoms with Gasteiger partial charge in [-0.1, -0.05) is 25.1 Å². The lowest BCUT2D eigenvalue weighted by Crippen LogP contribution is -2.40. The largest absolute Gasteiger partial charge is 0.481 e. The van der Waals surface area contributed by atoms with Crippen LogP contribution in [-0.2, 0) is 11.2 Å². The first kappa shape index (κ1) is 13.5. The lowest BCUT2D eigenvalue weighted by molar-refractivity contribution is -0.148. The maximum atomic E-state index is 11.5. The summed E-state index contributed by atoms with van der Waals surface area (Å²) in [4.78, 5) is 15.8. The predicted molar refractivity (Wildman–Crippen MR) is 74.9 cm³/mol. The Kier molecular flexibility index (Phi) is 3.81. The van der Waals surface area contributed by atoms with E-state index in [0.29, 0.717) is 12.8 Å². The van der Waals surface area contributed by atoms with Gasteiger partial charge in [-0.2, -0.15) is 0 Å². The minimum atomic E-state index is -0.899. The number of aromatic nitrogens is 1. The molecule has 0 aliphatic heterocycles. The van der Waals surface area contributed by atoms with Gasteiger partial charge in [-0.05, 0) is 30.5 Å². The summed E-state index contributed by atoms with van der Waals surface area (Å²) in [5, 5.41) is 10.5. The number of nitrogens with zero attached hydrogens (tertiary/aromatic N) is 1. The van der Waals surface area contributed by atoms with Gasteiger partial charge in [0.1, 0.15) is 0 Å². The number of benzene rings is 1. The maximum Gasteiger partial charge on any atom is 0.311 e. The average Bonchev–Trinajstić information content (AvgIpc) is 2.44. The van der Waals surface area contributed by atoms with Crippen LogP contribution in [0.25, 0.3) is 10.9 Å². The molecule has 0 saturated heterocycles. The van der Waals surface area contributed by atoms with E-state index in [4.69, 9.17) is 5.73 Å². The fraction of sp³-hybridized carbons (Fsp3) is 0.333. The van der Waals surface area contributed by atoms with Crippen LogP contribution in [0.2, 0.25) is 0 Å². The van der Waals surface area contributed by atoms with Gasteiger partial charge < -0.3 is 10.8 Å². The number of aliphatic carboxylic acids is 1. The van der Waals surface area contributed by atoms with Gasteiger partial charge in [0.05, 0.1) is 10.9 Å². The van der Waals surface area contributed by atoms with Crippen LogP contribution in [0, 0.1) is 5.41 Å². The van der Waals surface area contributed by atoms with E-state index in [0.717, 1.165) is 16.5 Å². The Morgan fingerprint density at radius 2 is 2.11 bits per heavy atom. The lowest BCUT2D eigenvalue weighted by Gasteiger charge is -2.26. The number of carbonyl (C=O) groups is 1. The van der Waals surface area contributed by atoms with Gasteiger partial charge in [0, 0.05) is 18.1 Å². The zero-order chi connectivity index (χ0) is 13.9. The summed E-state index contributed by atoms with van der Waals surface area (Å²) < 4.78 is 0. The standard InChI is InChI=1S/C15H18N2O2/c1-2-15(10-16,14(18)19)9-11-7-8-17-13-6-4-3-5-12(11)13/h3-8H,2,9-10,16H2,1H3,(H,18,19). The molecule has 19 heavy (non-hydrogen) atoms. The quantitative estimate of drug-likeness (QED) is 0.862. The molecular weight excluding hydrogens is 240 g/mol. The fourth-order valence-electron chi connectivity index (χ4n) is 2.33. The van der Waals surface area contributed by atoms with Gasteiger partial charge >= 0.3 is 5.97 Å². The smallest absolute Gasteiger partial charge is 0.311 e. The first-order valence-electron chi connectivity index (χ1n) is 6.39. The first-order chi connectivity index (χ1) is 9.13. The van der Waals surface area contributed by atoms with E-state index in [1.54, 1.807) is 6.20 Å². The zero-order valence-electron chi connectivity index (χ0n) is 11.0. The van der Waals surface area contributed by atoms with Crippen molar-refractivity contribution in [3.8, 4) is 0 Å². The van der Waals surface area contributed by atoms with Crippen LogP contribution in [0.1, 0.15) is 18.9 Å². The number of carboxylic acids is 1. The van der Waals surface area contributed by atoms with Crippen LogP contribution < -0.4 is 5.73 Å². The number of hydrogen-bond donors (Lipinski definition) is 2. The summed E-state index contributed by atoms with van der Waals surface area (Å²) in [7, 11) is 0. The topological polar surface area (TPSA) is 76.2 Å². The Hall–Kier alpha value is -1.94. The molecule has 0 aliphatic carbocycles. The Morgan fingerprint density at radius 1 is 1.37 bits per heavy atom. The summed E-state index contributed by atoms with van der Waals surface area (Å²) in [5.41, 5.74) is 6.68. The average molecular weight is 258 g/mol. The van der Waals surface area contributed by atoms with Crippen molar-refractivity contribution in [2.24, 2.45) is 11.1 Å². The van der Waals surface area contributed by atoms with E-state index >= 15 is 0 Å². The van der Waals surface area contributed by atoms with Gasteiger partial charge in [0.15, 0.2) is 0 Å². The van der Waals surface area contributed by atoms with Crippen molar-refractivity contribution >= 4 is 16.9 Å². The second-order valence-electron chi connectivity index (χ2n) is 4.81. The van der Waals surface area contributed by atoms with E-state index in [9.17, 15) is 9.90 Å². The molecule has 0 bridgehead atoms. The number of nitrogens with two attached hydrogens (primary N) is 1. The molecule has 4 heteroatoms. The van der Waals surface area contributed by atoms with Crippen LogP contribution in [-0.4, -0.2) is 22.6 Å². The summed E-state index contributed by atoms with van der Waals surface area (Å²) in [5.74, 6) is -0.835. The van der Waals surface area contributed by atoms with E-state index in [-0.39, 0.29) is 6.54 Å². The Labute approximate surface area is 112 Å². The summed E-state index contributed by atoms with van der Waals surface area (Å²) in [6.07, 6.45) is 2.66. The predicted octanol–water partition coefficient (Wildman–Crippen LogP) is 2.22. The molecule has 1 aromatic heterocycles. The van der Waals surface area contributed by atoms with Gasteiger partial charge in [0.25, 0.3) is 0 Å². The Morgan fingerprint density at radius 3 is 2.74 bits per heavy atom. The highest BCUT2D eigenvalue weighted by Gasteiger charge is 2.35. The van der Waals surface area contributed by atoms with Crippen molar-refractivity contribution < 1.29 is 9.90 Å². The van der Waals surface area contributed by atoms with E-state index in [2.05, 4.69) is 4.98 Å². The molecule has 1 atom stereocenters. The fourth-order valence-corrected chi connectivity index (χ4v) is 2.33. The lowest BCUT2D eigenvalue weighted by atomic mass is 9.78. The molecule has 0 spiro atoms. The normalized spacial score (nSPS) is 14.2. The molecule has 0 amide bonds. The van der Waals surface area contributed by atoms with Crippen LogP contribution in [0.3, 0.4) is 0 Å². The number of rotatable bonds is 5. The highest BCUT2D eigenvalue weighted by atomic mass is 16.4. The third-order valence-corrected chi connectivity index (χ3v) is 3.79. The van der Waals surface area contributed by atoms with E-state index in [1.807, 2.05) is 37.3 Å². The molecular formula is C15H18N2O2. The molecule has 0 radical (unpaired) electrons. The zero-order valence-corrected chi connectivity index (χ0v) is 11.0. The molecule has 4 nitrogen and oxygen atoms in total. The Bertz CT molecular complexity index is 586. The van der Waals surface area contributed by atoms with Crippen molar-refractivity contribution in [2.45, 2.75) is 19.8 Å². The van der Waals surface area contributed by atoms with Crippen molar-refractivity contribution in [1.82, 2.24) is 4.98 Å². The summed E-state index contributed by atoms with van der Waals surface area (Å²) in [6.45, 7) is 2.00. The van der Waals surface area contributed by atoms with Crippen LogP contribution in [0.4, 0.5) is 0 Å².